The van der Waals surface area contributed by atoms with E-state index in [1.807, 2.05) is 18.2 Å². The number of thiocarbonyl (C=S) groups is 1. The lowest BCUT2D eigenvalue weighted by Crippen LogP contribution is -2.29. The Labute approximate surface area is 86.7 Å². The summed E-state index contributed by atoms with van der Waals surface area (Å²) < 4.78 is 4.31. The van der Waals surface area contributed by atoms with Crippen LogP contribution in [-0.2, 0) is 0 Å². The van der Waals surface area contributed by atoms with Gasteiger partial charge in [-0.25, -0.2) is 0 Å². The number of allylic oxidation sites excluding steroid dienone is 3. The lowest BCUT2D eigenvalue weighted by atomic mass is 10.7. The second kappa shape index (κ2) is 6.72. The van der Waals surface area contributed by atoms with Crippen molar-refractivity contribution < 1.29 is 0 Å². The zero-order valence-corrected chi connectivity index (χ0v) is 9.65. The van der Waals surface area contributed by atoms with Crippen molar-refractivity contribution in [2.45, 2.75) is 18.1 Å². The summed E-state index contributed by atoms with van der Waals surface area (Å²) in [7, 11) is -1.74. The Bertz CT molecular complexity index is 215. The summed E-state index contributed by atoms with van der Waals surface area (Å²) in [6.45, 7) is 11.2. The Kier molecular flexibility index (Phi) is 6.33. The molecule has 0 saturated heterocycles. The fourth-order valence-electron chi connectivity index (χ4n) is 1.29. The highest BCUT2D eigenvalue weighted by atomic mass is 32.1. The highest BCUT2D eigenvalue weighted by molar-refractivity contribution is 7.78. The molecule has 0 aromatic carbocycles. The van der Waals surface area contributed by atoms with E-state index in [2.05, 4.69) is 41.8 Å². The quantitative estimate of drug-likeness (QED) is 0.270. The molecule has 3 heteroatoms. The van der Waals surface area contributed by atoms with Gasteiger partial charge in [-0.3, -0.25) is 4.66 Å². The van der Waals surface area contributed by atoms with Crippen LogP contribution in [0.3, 0.4) is 0 Å². The molecule has 13 heavy (non-hydrogen) atoms. The average molecular weight is 209 g/mol. The largest absolute Gasteiger partial charge is 0.272 e. The number of hydrogen-bond acceptors (Lipinski definition) is 2. The topological polar surface area (TPSA) is 12.4 Å². The van der Waals surface area contributed by atoms with Crippen molar-refractivity contribution in [3.8, 4) is 0 Å². The first-order valence-electron chi connectivity index (χ1n) is 4.16. The minimum absolute atomic E-state index is 0.911. The minimum atomic E-state index is -1.74. The van der Waals surface area contributed by atoms with Crippen LogP contribution in [-0.4, -0.2) is 13.4 Å². The summed E-state index contributed by atoms with van der Waals surface area (Å²) in [5, 5.41) is 2.49. The first kappa shape index (κ1) is 12.2. The molecule has 0 rings (SSSR count). The second-order valence-corrected chi connectivity index (χ2v) is 6.99. The van der Waals surface area contributed by atoms with E-state index < -0.39 is 8.24 Å². The third kappa shape index (κ3) is 4.13. The van der Waals surface area contributed by atoms with Gasteiger partial charge in [-0.2, -0.15) is 0 Å². The molecule has 0 aliphatic rings. The van der Waals surface area contributed by atoms with E-state index in [1.165, 1.54) is 0 Å². The molecule has 0 radical (unpaired) electrons. The molecule has 0 aromatic rings. The molecular formula is C10H15NSSi. The fraction of sp³-hybridized carbons (Fsp3) is 0.300. The van der Waals surface area contributed by atoms with Crippen molar-refractivity contribution in [2.24, 2.45) is 4.66 Å². The van der Waals surface area contributed by atoms with Crippen LogP contribution in [0.1, 0.15) is 0 Å². The van der Waals surface area contributed by atoms with Crippen LogP contribution in [0.15, 0.2) is 42.6 Å². The molecule has 1 nitrogen and oxygen atoms in total. The van der Waals surface area contributed by atoms with E-state index >= 15 is 0 Å². The number of rotatable bonds is 7. The molecule has 0 N–H and O–H groups in total. The lowest BCUT2D eigenvalue weighted by Gasteiger charge is -2.20. The van der Waals surface area contributed by atoms with Gasteiger partial charge in [-0.15, -0.1) is 19.7 Å². The third-order valence-corrected chi connectivity index (χ3v) is 5.84. The number of isothiocyanates is 1. The molecule has 0 bridgehead atoms. The van der Waals surface area contributed by atoms with Gasteiger partial charge in [0.1, 0.15) is 0 Å². The second-order valence-electron chi connectivity index (χ2n) is 2.91. The molecule has 0 saturated carbocycles. The first-order valence-corrected chi connectivity index (χ1v) is 7.14. The van der Waals surface area contributed by atoms with Crippen molar-refractivity contribution >= 4 is 25.6 Å². The Hall–Kier alpha value is -0.763. The third-order valence-electron chi connectivity index (χ3n) is 1.86. The van der Waals surface area contributed by atoms with Crippen molar-refractivity contribution in [1.29, 1.82) is 0 Å². The molecule has 0 aliphatic carbocycles. The molecule has 0 amide bonds. The van der Waals surface area contributed by atoms with Crippen LogP contribution < -0.4 is 0 Å². The molecule has 0 fully saturated rings. The summed E-state index contributed by atoms with van der Waals surface area (Å²) in [6, 6.07) is 2.73. The summed E-state index contributed by atoms with van der Waals surface area (Å²) in [4.78, 5) is 0. The predicted octanol–water partition coefficient (Wildman–Crippen LogP) is 3.59. The van der Waals surface area contributed by atoms with Crippen molar-refractivity contribution in [3.63, 3.8) is 0 Å². The maximum absolute atomic E-state index is 4.66. The standard InChI is InChI=1S/C10H15NSSi/c1-4-7-13(8-5-2,9-6-3)11-10-12/h4-6H,1-3,7-9H2. The molecule has 70 valence electrons. The van der Waals surface area contributed by atoms with Gasteiger partial charge in [0, 0.05) is 5.16 Å². The van der Waals surface area contributed by atoms with Crippen LogP contribution in [0.4, 0.5) is 0 Å². The van der Waals surface area contributed by atoms with Crippen LogP contribution in [0.5, 0.6) is 0 Å². The maximum Gasteiger partial charge on any atom is 0.205 e. The summed E-state index contributed by atoms with van der Waals surface area (Å²) in [5.41, 5.74) is 0. The zero-order chi connectivity index (χ0) is 10.2. The maximum atomic E-state index is 4.66. The first-order chi connectivity index (χ1) is 6.24. The lowest BCUT2D eigenvalue weighted by molar-refractivity contribution is 1.31. The van der Waals surface area contributed by atoms with E-state index in [-0.39, 0.29) is 0 Å². The normalized spacial score (nSPS) is 9.85. The van der Waals surface area contributed by atoms with Gasteiger partial charge in [-0.05, 0) is 30.4 Å². The highest BCUT2D eigenvalue weighted by Gasteiger charge is 2.28. The van der Waals surface area contributed by atoms with Crippen molar-refractivity contribution in [1.82, 2.24) is 0 Å². The van der Waals surface area contributed by atoms with E-state index in [4.69, 9.17) is 0 Å². The van der Waals surface area contributed by atoms with Gasteiger partial charge in [0.2, 0.25) is 8.24 Å². The molecule has 0 heterocycles. The summed E-state index contributed by atoms with van der Waals surface area (Å²) in [5.74, 6) is 0. The summed E-state index contributed by atoms with van der Waals surface area (Å²) in [6.07, 6.45) is 5.69. The van der Waals surface area contributed by atoms with Gasteiger partial charge >= 0.3 is 0 Å². The van der Waals surface area contributed by atoms with Crippen molar-refractivity contribution in [3.05, 3.63) is 38.0 Å². The molecule has 0 aliphatic heterocycles. The van der Waals surface area contributed by atoms with Crippen LogP contribution in [0.2, 0.25) is 18.1 Å². The minimum Gasteiger partial charge on any atom is -0.272 e. The van der Waals surface area contributed by atoms with Gasteiger partial charge in [0.15, 0.2) is 0 Å². The molecule has 0 atom stereocenters. The van der Waals surface area contributed by atoms with E-state index in [1.54, 1.807) is 0 Å². The molecule has 0 aromatic heterocycles. The van der Waals surface area contributed by atoms with Gasteiger partial charge in [0.25, 0.3) is 0 Å². The zero-order valence-electron chi connectivity index (χ0n) is 7.83. The SMILES string of the molecule is C=CC[Si](CC=C)(CC=C)N=C=S. The van der Waals surface area contributed by atoms with E-state index in [0.29, 0.717) is 0 Å². The van der Waals surface area contributed by atoms with Crippen LogP contribution in [0, 0.1) is 0 Å². The Morgan fingerprint density at radius 1 is 1.08 bits per heavy atom. The predicted molar refractivity (Wildman–Crippen MR) is 65.8 cm³/mol. The number of nitrogens with zero attached hydrogens (tertiary/aromatic N) is 1. The fourth-order valence-corrected chi connectivity index (χ4v) is 4.45. The van der Waals surface area contributed by atoms with Gasteiger partial charge < -0.3 is 0 Å². The van der Waals surface area contributed by atoms with E-state index in [0.717, 1.165) is 18.1 Å². The summed E-state index contributed by atoms with van der Waals surface area (Å²) >= 11 is 4.66. The Balaban J connectivity index is 4.75. The Morgan fingerprint density at radius 2 is 1.46 bits per heavy atom. The molecular weight excluding hydrogens is 194 g/mol. The average Bonchev–Trinajstić information content (AvgIpc) is 2.06. The van der Waals surface area contributed by atoms with Crippen LogP contribution >= 0.6 is 12.2 Å². The van der Waals surface area contributed by atoms with Crippen LogP contribution in [0.25, 0.3) is 0 Å². The highest BCUT2D eigenvalue weighted by Crippen LogP contribution is 2.23. The molecule has 0 unspecified atom stereocenters. The smallest absolute Gasteiger partial charge is 0.205 e. The molecule has 0 spiro atoms. The van der Waals surface area contributed by atoms with Gasteiger partial charge in [-0.1, -0.05) is 18.2 Å². The Morgan fingerprint density at radius 3 is 1.69 bits per heavy atom. The number of hydrogen-bond donors (Lipinski definition) is 0. The van der Waals surface area contributed by atoms with Gasteiger partial charge in [0.05, 0.1) is 0 Å². The monoisotopic (exact) mass is 209 g/mol. The van der Waals surface area contributed by atoms with E-state index in [9.17, 15) is 0 Å². The van der Waals surface area contributed by atoms with Crippen molar-refractivity contribution in [2.75, 3.05) is 0 Å².